The van der Waals surface area contributed by atoms with E-state index in [4.69, 9.17) is 5.11 Å². The van der Waals surface area contributed by atoms with E-state index in [1.807, 2.05) is 0 Å². The van der Waals surface area contributed by atoms with Crippen molar-refractivity contribution in [3.8, 4) is 11.8 Å². The third-order valence-corrected chi connectivity index (χ3v) is 2.57. The van der Waals surface area contributed by atoms with Crippen LogP contribution in [0.4, 0.5) is 5.82 Å². The molecule has 1 aliphatic rings. The van der Waals surface area contributed by atoms with Gasteiger partial charge in [0.2, 0.25) is 11.8 Å². The van der Waals surface area contributed by atoms with Gasteiger partial charge in [0.1, 0.15) is 12.4 Å². The highest BCUT2D eigenvalue weighted by Crippen LogP contribution is 2.20. The Bertz CT molecular complexity index is 527. The number of anilines is 1. The maximum atomic E-state index is 11.7. The fourth-order valence-electron chi connectivity index (χ4n) is 1.77. The van der Waals surface area contributed by atoms with Gasteiger partial charge < -0.3 is 5.11 Å². The summed E-state index contributed by atoms with van der Waals surface area (Å²) in [6.07, 6.45) is 2.81. The van der Waals surface area contributed by atoms with Crippen LogP contribution in [0.2, 0.25) is 0 Å². The van der Waals surface area contributed by atoms with Gasteiger partial charge in [0.05, 0.1) is 0 Å². The first kappa shape index (κ1) is 12.3. The van der Waals surface area contributed by atoms with Crippen molar-refractivity contribution >= 4 is 17.6 Å². The Labute approximate surface area is 104 Å². The molecule has 0 atom stereocenters. The maximum Gasteiger partial charge on any atom is 0.234 e. The van der Waals surface area contributed by atoms with Crippen LogP contribution in [0, 0.1) is 11.8 Å². The molecule has 2 rings (SSSR count). The summed E-state index contributed by atoms with van der Waals surface area (Å²) in [4.78, 5) is 28.6. The van der Waals surface area contributed by atoms with Crippen LogP contribution in [0.5, 0.6) is 0 Å². The Kier molecular flexibility index (Phi) is 3.70. The van der Waals surface area contributed by atoms with Gasteiger partial charge in [-0.2, -0.15) is 0 Å². The molecule has 2 heterocycles. The van der Waals surface area contributed by atoms with Gasteiger partial charge in [0, 0.05) is 24.6 Å². The number of piperidine rings is 1. The highest BCUT2D eigenvalue weighted by atomic mass is 16.2. The molecule has 2 amide bonds. The first-order valence-electron chi connectivity index (χ1n) is 5.64. The van der Waals surface area contributed by atoms with E-state index in [-0.39, 0.29) is 18.4 Å². The molecule has 1 fully saturated rings. The molecule has 0 spiro atoms. The first-order valence-corrected chi connectivity index (χ1v) is 5.64. The maximum absolute atomic E-state index is 11.7. The topological polar surface area (TPSA) is 70.5 Å². The molecule has 92 valence electrons. The highest BCUT2D eigenvalue weighted by molar-refractivity contribution is 6.15. The Morgan fingerprint density at radius 1 is 1.33 bits per heavy atom. The van der Waals surface area contributed by atoms with Crippen LogP contribution in [0.25, 0.3) is 0 Å². The largest absolute Gasteiger partial charge is 0.384 e. The van der Waals surface area contributed by atoms with E-state index in [1.54, 1.807) is 12.1 Å². The number of carbonyl (C=O) groups excluding carboxylic acids is 2. The van der Waals surface area contributed by atoms with Crippen LogP contribution in [0.3, 0.4) is 0 Å². The summed E-state index contributed by atoms with van der Waals surface area (Å²) in [6, 6.07) is 3.23. The third-order valence-electron chi connectivity index (χ3n) is 2.57. The molecule has 0 aromatic carbocycles. The Morgan fingerprint density at radius 3 is 2.72 bits per heavy atom. The normalized spacial score (nSPS) is 15.3. The number of pyridine rings is 1. The predicted molar refractivity (Wildman–Crippen MR) is 64.5 cm³/mol. The quantitative estimate of drug-likeness (QED) is 0.576. The summed E-state index contributed by atoms with van der Waals surface area (Å²) < 4.78 is 0. The van der Waals surface area contributed by atoms with E-state index in [9.17, 15) is 9.59 Å². The molecule has 18 heavy (non-hydrogen) atoms. The minimum atomic E-state index is -0.237. The number of aliphatic hydroxyl groups is 1. The minimum Gasteiger partial charge on any atom is -0.384 e. The Hall–Kier alpha value is -2.19. The van der Waals surface area contributed by atoms with Crippen molar-refractivity contribution < 1.29 is 14.7 Å². The van der Waals surface area contributed by atoms with Crippen molar-refractivity contribution in [2.24, 2.45) is 0 Å². The number of hydrogen-bond acceptors (Lipinski definition) is 4. The zero-order valence-electron chi connectivity index (χ0n) is 9.72. The van der Waals surface area contributed by atoms with Gasteiger partial charge >= 0.3 is 0 Å². The minimum absolute atomic E-state index is 0.231. The summed E-state index contributed by atoms with van der Waals surface area (Å²) in [5.41, 5.74) is 0.611. The van der Waals surface area contributed by atoms with Gasteiger partial charge in [-0.25, -0.2) is 9.88 Å². The number of hydrogen-bond donors (Lipinski definition) is 1. The second-order valence-electron chi connectivity index (χ2n) is 3.84. The van der Waals surface area contributed by atoms with Crippen LogP contribution in [-0.4, -0.2) is 28.5 Å². The molecule has 1 N–H and O–H groups in total. The van der Waals surface area contributed by atoms with Crippen LogP contribution >= 0.6 is 0 Å². The summed E-state index contributed by atoms with van der Waals surface area (Å²) in [6.45, 7) is -0.237. The number of carbonyl (C=O) groups is 2. The molecule has 1 saturated heterocycles. The van der Waals surface area contributed by atoms with Gasteiger partial charge in [-0.05, 0) is 18.6 Å². The zero-order chi connectivity index (χ0) is 13.0. The van der Waals surface area contributed by atoms with Gasteiger partial charge in [-0.1, -0.05) is 11.8 Å². The lowest BCUT2D eigenvalue weighted by atomic mass is 10.1. The molecule has 0 aliphatic carbocycles. The molecule has 0 unspecified atom stereocenters. The molecule has 0 saturated carbocycles. The van der Waals surface area contributed by atoms with Crippen molar-refractivity contribution in [2.75, 3.05) is 11.5 Å². The van der Waals surface area contributed by atoms with Gasteiger partial charge in [-0.15, -0.1) is 0 Å². The van der Waals surface area contributed by atoms with Gasteiger partial charge in [0.15, 0.2) is 0 Å². The molecule has 1 aromatic heterocycles. The Balaban J connectivity index is 2.32. The van der Waals surface area contributed by atoms with Crippen molar-refractivity contribution in [3.05, 3.63) is 23.9 Å². The fraction of sp³-hybridized carbons (Fsp3) is 0.308. The summed E-state index contributed by atoms with van der Waals surface area (Å²) in [5.74, 6) is 5.06. The van der Waals surface area contributed by atoms with Crippen LogP contribution in [0.1, 0.15) is 24.8 Å². The summed E-state index contributed by atoms with van der Waals surface area (Å²) >= 11 is 0. The average molecular weight is 244 g/mol. The van der Waals surface area contributed by atoms with Crippen molar-refractivity contribution in [1.82, 2.24) is 4.98 Å². The van der Waals surface area contributed by atoms with Crippen LogP contribution in [0.15, 0.2) is 18.3 Å². The number of aliphatic hydroxyl groups excluding tert-OH is 1. The van der Waals surface area contributed by atoms with Gasteiger partial charge in [0.25, 0.3) is 0 Å². The molecule has 1 aromatic rings. The molecule has 5 nitrogen and oxygen atoms in total. The molecular weight excluding hydrogens is 232 g/mol. The molecule has 5 heteroatoms. The highest BCUT2D eigenvalue weighted by Gasteiger charge is 2.28. The second kappa shape index (κ2) is 5.43. The summed E-state index contributed by atoms with van der Waals surface area (Å²) in [7, 11) is 0. The van der Waals surface area contributed by atoms with Gasteiger partial charge in [-0.3, -0.25) is 9.59 Å². The van der Waals surface area contributed by atoms with Crippen LogP contribution < -0.4 is 4.90 Å². The number of nitrogens with zero attached hydrogens (tertiary/aromatic N) is 2. The third kappa shape index (κ3) is 2.55. The number of aromatic nitrogens is 1. The monoisotopic (exact) mass is 244 g/mol. The second-order valence-corrected chi connectivity index (χ2v) is 3.84. The smallest absolute Gasteiger partial charge is 0.234 e. The van der Waals surface area contributed by atoms with E-state index in [1.165, 1.54) is 6.20 Å². The number of amides is 2. The molecule has 1 aliphatic heterocycles. The van der Waals surface area contributed by atoms with Crippen molar-refractivity contribution in [1.29, 1.82) is 0 Å². The molecular formula is C13H12N2O3. The number of imide groups is 1. The lowest BCUT2D eigenvalue weighted by Gasteiger charge is -2.23. The lowest BCUT2D eigenvalue weighted by Crippen LogP contribution is -2.40. The predicted octanol–water partition coefficient (Wildman–Crippen LogP) is 0.469. The standard InChI is InChI=1S/C13H12N2O3/c16-8-2-3-10-6-7-14-11(9-10)15-12(17)4-1-5-13(15)18/h6-7,9,16H,1,4-5,8H2. The average Bonchev–Trinajstić information content (AvgIpc) is 2.37. The van der Waals surface area contributed by atoms with E-state index in [2.05, 4.69) is 16.8 Å². The zero-order valence-corrected chi connectivity index (χ0v) is 9.72. The van der Waals surface area contributed by atoms with E-state index in [0.717, 1.165) is 4.90 Å². The van der Waals surface area contributed by atoms with E-state index in [0.29, 0.717) is 30.6 Å². The summed E-state index contributed by atoms with van der Waals surface area (Å²) in [5, 5.41) is 8.62. The van der Waals surface area contributed by atoms with Crippen LogP contribution in [-0.2, 0) is 9.59 Å². The van der Waals surface area contributed by atoms with E-state index >= 15 is 0 Å². The van der Waals surface area contributed by atoms with E-state index < -0.39 is 0 Å². The van der Waals surface area contributed by atoms with Crippen molar-refractivity contribution in [2.45, 2.75) is 19.3 Å². The molecule has 0 bridgehead atoms. The fourth-order valence-corrected chi connectivity index (χ4v) is 1.77. The first-order chi connectivity index (χ1) is 8.72. The number of rotatable bonds is 1. The molecule has 0 radical (unpaired) electrons. The Morgan fingerprint density at radius 2 is 2.06 bits per heavy atom. The van der Waals surface area contributed by atoms with Crippen molar-refractivity contribution in [3.63, 3.8) is 0 Å². The lowest BCUT2D eigenvalue weighted by molar-refractivity contribution is -0.129. The SMILES string of the molecule is O=C1CCCC(=O)N1c1cc(C#CCO)ccn1.